The van der Waals surface area contributed by atoms with E-state index < -0.39 is 10.0 Å². The summed E-state index contributed by atoms with van der Waals surface area (Å²) in [4.78, 5) is 4.35. The van der Waals surface area contributed by atoms with Crippen LogP contribution in [-0.2, 0) is 23.7 Å². The van der Waals surface area contributed by atoms with Crippen molar-refractivity contribution < 1.29 is 13.2 Å². The number of aryl methyl sites for hydroxylation is 1. The molecule has 142 valence electrons. The first-order valence-electron chi connectivity index (χ1n) is 8.71. The van der Waals surface area contributed by atoms with Crippen LogP contribution in [-0.4, -0.2) is 46.6 Å². The number of piperidine rings is 1. The molecule has 0 unspecified atom stereocenters. The highest BCUT2D eigenvalue weighted by Crippen LogP contribution is 2.29. The fourth-order valence-corrected chi connectivity index (χ4v) is 5.07. The molecule has 1 aromatic heterocycles. The van der Waals surface area contributed by atoms with Crippen LogP contribution >= 0.6 is 0 Å². The van der Waals surface area contributed by atoms with Gasteiger partial charge in [-0.3, -0.25) is 4.68 Å². The van der Waals surface area contributed by atoms with Crippen molar-refractivity contribution in [2.24, 2.45) is 18.7 Å². The van der Waals surface area contributed by atoms with Gasteiger partial charge in [0.2, 0.25) is 10.0 Å². The minimum atomic E-state index is -3.57. The van der Waals surface area contributed by atoms with E-state index in [1.165, 1.54) is 6.33 Å². The number of nitrogens with zero attached hydrogens (tertiary/aromatic N) is 4. The Morgan fingerprint density at radius 2 is 2.04 bits per heavy atom. The third kappa shape index (κ3) is 3.74. The van der Waals surface area contributed by atoms with Crippen LogP contribution in [0.4, 0.5) is 0 Å². The second-order valence-electron chi connectivity index (χ2n) is 6.60. The third-order valence-corrected chi connectivity index (χ3v) is 6.85. The van der Waals surface area contributed by atoms with E-state index in [1.54, 1.807) is 40.3 Å². The normalized spacial score (nSPS) is 21.7. The fraction of sp³-hybridized carbons (Fsp3) is 0.529. The van der Waals surface area contributed by atoms with Crippen LogP contribution in [0, 0.1) is 5.92 Å². The number of rotatable bonds is 6. The molecule has 9 heteroatoms. The van der Waals surface area contributed by atoms with Gasteiger partial charge in [0, 0.05) is 26.2 Å². The maximum Gasteiger partial charge on any atom is 0.243 e. The molecule has 3 rings (SSSR count). The highest BCUT2D eigenvalue weighted by Gasteiger charge is 2.36. The van der Waals surface area contributed by atoms with Gasteiger partial charge in [-0.15, -0.1) is 0 Å². The molecule has 2 heterocycles. The van der Waals surface area contributed by atoms with Gasteiger partial charge in [0.25, 0.3) is 0 Å². The van der Waals surface area contributed by atoms with Crippen LogP contribution in [0.15, 0.2) is 35.5 Å². The Bertz CT molecular complexity index is 834. The lowest BCUT2D eigenvalue weighted by molar-refractivity contribution is 0.192. The molecule has 1 aliphatic rings. The lowest BCUT2D eigenvalue weighted by atomic mass is 9.93. The summed E-state index contributed by atoms with van der Waals surface area (Å²) in [7, 11) is -1.78. The van der Waals surface area contributed by atoms with Crippen molar-refractivity contribution in [1.82, 2.24) is 19.1 Å². The summed E-state index contributed by atoms with van der Waals surface area (Å²) in [6.07, 6.45) is 3.32. The summed E-state index contributed by atoms with van der Waals surface area (Å²) in [5, 5.41) is 3.98. The highest BCUT2D eigenvalue weighted by atomic mass is 32.2. The number of hydrogen-bond acceptors (Lipinski definition) is 6. The van der Waals surface area contributed by atoms with Gasteiger partial charge in [0.1, 0.15) is 18.7 Å². The zero-order valence-electron chi connectivity index (χ0n) is 15.1. The molecule has 1 aliphatic heterocycles. The molecule has 0 saturated carbocycles. The van der Waals surface area contributed by atoms with Gasteiger partial charge in [0.15, 0.2) is 5.82 Å². The van der Waals surface area contributed by atoms with Crippen molar-refractivity contribution in [3.8, 4) is 5.75 Å². The van der Waals surface area contributed by atoms with E-state index >= 15 is 0 Å². The second kappa shape index (κ2) is 7.73. The Kier molecular flexibility index (Phi) is 5.59. The number of sulfonamides is 1. The summed E-state index contributed by atoms with van der Waals surface area (Å²) in [6, 6.07) is 6.32. The van der Waals surface area contributed by atoms with Crippen LogP contribution in [0.1, 0.15) is 25.6 Å². The monoisotopic (exact) mass is 379 g/mol. The molecule has 1 fully saturated rings. The topological polar surface area (TPSA) is 103 Å². The van der Waals surface area contributed by atoms with Crippen LogP contribution in [0.25, 0.3) is 0 Å². The van der Waals surface area contributed by atoms with Crippen LogP contribution in [0.5, 0.6) is 5.75 Å². The number of hydrogen-bond donors (Lipinski definition) is 1. The van der Waals surface area contributed by atoms with E-state index in [0.29, 0.717) is 24.7 Å². The van der Waals surface area contributed by atoms with Crippen molar-refractivity contribution in [1.29, 1.82) is 0 Å². The van der Waals surface area contributed by atoms with E-state index in [2.05, 4.69) is 17.0 Å². The quantitative estimate of drug-likeness (QED) is 0.807. The molecule has 2 N–H and O–H groups in total. The summed E-state index contributed by atoms with van der Waals surface area (Å²) < 4.78 is 34.9. The first-order chi connectivity index (χ1) is 12.4. The third-order valence-electron chi connectivity index (χ3n) is 4.91. The highest BCUT2D eigenvalue weighted by molar-refractivity contribution is 7.89. The van der Waals surface area contributed by atoms with E-state index in [-0.39, 0.29) is 23.5 Å². The molecule has 0 bridgehead atoms. The Balaban J connectivity index is 1.73. The summed E-state index contributed by atoms with van der Waals surface area (Å²) in [6.45, 7) is 3.17. The molecule has 2 atom stereocenters. The molecule has 0 aliphatic carbocycles. The predicted molar refractivity (Wildman–Crippen MR) is 96.9 cm³/mol. The average molecular weight is 379 g/mol. The van der Waals surface area contributed by atoms with Crippen LogP contribution in [0.3, 0.4) is 0 Å². The van der Waals surface area contributed by atoms with Crippen LogP contribution in [0.2, 0.25) is 0 Å². The van der Waals surface area contributed by atoms with E-state index in [1.807, 2.05) is 0 Å². The molecule has 1 saturated heterocycles. The maximum atomic E-state index is 13.0. The van der Waals surface area contributed by atoms with Crippen molar-refractivity contribution in [2.75, 3.05) is 13.1 Å². The van der Waals surface area contributed by atoms with Gasteiger partial charge in [0.05, 0.1) is 4.90 Å². The largest absolute Gasteiger partial charge is 0.486 e. The molecule has 26 heavy (non-hydrogen) atoms. The lowest BCUT2D eigenvalue weighted by Gasteiger charge is -2.38. The Morgan fingerprint density at radius 3 is 2.65 bits per heavy atom. The molecule has 0 amide bonds. The minimum absolute atomic E-state index is 0.152. The van der Waals surface area contributed by atoms with E-state index in [9.17, 15) is 8.42 Å². The molecular weight excluding hydrogens is 354 g/mol. The molecule has 0 spiro atoms. The number of nitrogens with two attached hydrogens (primary N) is 1. The van der Waals surface area contributed by atoms with Crippen molar-refractivity contribution in [3.05, 3.63) is 36.4 Å². The van der Waals surface area contributed by atoms with E-state index in [4.69, 9.17) is 10.5 Å². The molecule has 8 nitrogen and oxygen atoms in total. The number of ether oxygens (including phenoxy) is 1. The summed E-state index contributed by atoms with van der Waals surface area (Å²) in [5.74, 6) is 1.53. The van der Waals surface area contributed by atoms with Crippen molar-refractivity contribution >= 4 is 10.0 Å². The van der Waals surface area contributed by atoms with Crippen molar-refractivity contribution in [2.45, 2.75) is 37.3 Å². The van der Waals surface area contributed by atoms with Gasteiger partial charge in [-0.25, -0.2) is 13.4 Å². The molecule has 2 aromatic rings. The van der Waals surface area contributed by atoms with Gasteiger partial charge in [-0.2, -0.15) is 9.40 Å². The standard InChI is InChI=1S/C17H25N5O3S/c1-13-4-3-9-22(16(13)10-18)26(23,24)15-7-5-14(6-8-15)25-11-17-19-12-20-21(17)2/h5-8,12-13,16H,3-4,9-11,18H2,1-2H3/t13-,16+/m1/s1. The average Bonchev–Trinajstić information content (AvgIpc) is 3.05. The lowest BCUT2D eigenvalue weighted by Crippen LogP contribution is -2.51. The SMILES string of the molecule is C[C@@H]1CCCN(S(=O)(=O)c2ccc(OCc3ncnn3C)cc2)[C@H]1CN. The Hall–Kier alpha value is -1.97. The van der Waals surface area contributed by atoms with Gasteiger partial charge in [-0.05, 0) is 43.0 Å². The maximum absolute atomic E-state index is 13.0. The predicted octanol–water partition coefficient (Wildman–Crippen LogP) is 1.14. The summed E-state index contributed by atoms with van der Waals surface area (Å²) >= 11 is 0. The summed E-state index contributed by atoms with van der Waals surface area (Å²) in [5.41, 5.74) is 5.84. The van der Waals surface area contributed by atoms with Crippen LogP contribution < -0.4 is 10.5 Å². The zero-order chi connectivity index (χ0) is 18.7. The minimum Gasteiger partial charge on any atom is -0.486 e. The molecule has 1 aromatic carbocycles. The van der Waals surface area contributed by atoms with E-state index in [0.717, 1.165) is 12.8 Å². The first-order valence-corrected chi connectivity index (χ1v) is 10.1. The molecular formula is C17H25N5O3S. The van der Waals surface area contributed by atoms with Gasteiger partial charge in [-0.1, -0.05) is 6.92 Å². The second-order valence-corrected chi connectivity index (χ2v) is 8.49. The Morgan fingerprint density at radius 1 is 1.31 bits per heavy atom. The smallest absolute Gasteiger partial charge is 0.243 e. The Labute approximate surface area is 154 Å². The van der Waals surface area contributed by atoms with Gasteiger partial charge < -0.3 is 10.5 Å². The number of aromatic nitrogens is 3. The zero-order valence-corrected chi connectivity index (χ0v) is 15.9. The fourth-order valence-electron chi connectivity index (χ4n) is 3.30. The van der Waals surface area contributed by atoms with Gasteiger partial charge >= 0.3 is 0 Å². The van der Waals surface area contributed by atoms with Crippen molar-refractivity contribution in [3.63, 3.8) is 0 Å². The first kappa shape index (κ1) is 18.8. The molecule has 0 radical (unpaired) electrons. The number of benzene rings is 1.